The van der Waals surface area contributed by atoms with E-state index in [0.29, 0.717) is 23.8 Å². The molecule has 1 aliphatic heterocycles. The van der Waals surface area contributed by atoms with E-state index in [4.69, 9.17) is 15.2 Å². The quantitative estimate of drug-likeness (QED) is 0.652. The predicted molar refractivity (Wildman–Crippen MR) is 87.9 cm³/mol. The zero-order valence-corrected chi connectivity index (χ0v) is 13.2. The largest absolute Gasteiger partial charge is 0.457 e. The molecule has 1 heterocycles. The van der Waals surface area contributed by atoms with Crippen LogP contribution in [0, 0.1) is 0 Å². The van der Waals surface area contributed by atoms with Crippen LogP contribution in [0.4, 0.5) is 4.79 Å². The van der Waals surface area contributed by atoms with Crippen LogP contribution in [0.1, 0.15) is 18.4 Å². The van der Waals surface area contributed by atoms with Gasteiger partial charge >= 0.3 is 6.03 Å². The van der Waals surface area contributed by atoms with Gasteiger partial charge in [0.15, 0.2) is 0 Å². The number of carbonyl (C=O) groups is 1. The van der Waals surface area contributed by atoms with Gasteiger partial charge in [-0.15, -0.1) is 0 Å². The molecule has 1 aliphatic rings. The van der Waals surface area contributed by atoms with Crippen LogP contribution < -0.4 is 10.5 Å². The molecular weight excluding hydrogens is 308 g/mol. The number of amides is 2. The van der Waals surface area contributed by atoms with Gasteiger partial charge in [-0.1, -0.05) is 30.3 Å². The second-order valence-corrected chi connectivity index (χ2v) is 5.79. The number of urea groups is 1. The lowest BCUT2D eigenvalue weighted by molar-refractivity contribution is -0.111. The molecule has 1 unspecified atom stereocenters. The Morgan fingerprint density at radius 2 is 1.96 bits per heavy atom. The average Bonchev–Trinajstić information content (AvgIpc) is 3.06. The molecule has 126 valence electrons. The van der Waals surface area contributed by atoms with Crippen molar-refractivity contribution < 1.29 is 19.5 Å². The highest BCUT2D eigenvalue weighted by atomic mass is 16.5. The third kappa shape index (κ3) is 3.50. The molecule has 2 amide bonds. The summed E-state index contributed by atoms with van der Waals surface area (Å²) in [5, 5.41) is 10.3. The molecule has 0 saturated carbocycles. The number of hydrogen-bond acceptors (Lipinski definition) is 4. The number of benzene rings is 2. The average molecular weight is 328 g/mol. The highest BCUT2D eigenvalue weighted by Gasteiger charge is 2.39. The lowest BCUT2D eigenvalue weighted by Crippen LogP contribution is -2.44. The van der Waals surface area contributed by atoms with Crippen molar-refractivity contribution in [3.05, 3.63) is 60.2 Å². The summed E-state index contributed by atoms with van der Waals surface area (Å²) in [7, 11) is 0. The molecule has 3 N–H and O–H groups in total. The van der Waals surface area contributed by atoms with E-state index in [-0.39, 0.29) is 6.54 Å². The Bertz CT molecular complexity index is 699. The Hall–Kier alpha value is -2.57. The molecule has 0 radical (unpaired) electrons. The van der Waals surface area contributed by atoms with Crippen LogP contribution in [0.15, 0.2) is 54.6 Å². The van der Waals surface area contributed by atoms with Gasteiger partial charge in [0.25, 0.3) is 0 Å². The summed E-state index contributed by atoms with van der Waals surface area (Å²) in [5.74, 6) is 1.40. The summed E-state index contributed by atoms with van der Waals surface area (Å²) in [4.78, 5) is 11.2. The van der Waals surface area contributed by atoms with Crippen LogP contribution in [0.5, 0.6) is 11.5 Å². The minimum atomic E-state index is -0.901. The molecule has 6 nitrogen and oxygen atoms in total. The van der Waals surface area contributed by atoms with Crippen LogP contribution in [0.3, 0.4) is 0 Å². The fraction of sp³-hybridized carbons (Fsp3) is 0.278. The van der Waals surface area contributed by atoms with Crippen LogP contribution in [0.25, 0.3) is 0 Å². The highest BCUT2D eigenvalue weighted by molar-refractivity contribution is 5.70. The van der Waals surface area contributed by atoms with E-state index in [2.05, 4.69) is 0 Å². The van der Waals surface area contributed by atoms with E-state index < -0.39 is 11.6 Å². The number of primary amides is 1. The number of nitrogens with zero attached hydrogens (tertiary/aromatic N) is 1. The van der Waals surface area contributed by atoms with Crippen LogP contribution in [-0.4, -0.2) is 29.5 Å². The van der Waals surface area contributed by atoms with Crippen LogP contribution in [0.2, 0.25) is 0 Å². The van der Waals surface area contributed by atoms with Crippen molar-refractivity contribution in [2.75, 3.05) is 13.2 Å². The third-order valence-corrected chi connectivity index (χ3v) is 4.10. The Morgan fingerprint density at radius 1 is 1.21 bits per heavy atom. The summed E-state index contributed by atoms with van der Waals surface area (Å²) in [6, 6.07) is 16.0. The van der Waals surface area contributed by atoms with Crippen molar-refractivity contribution in [3.8, 4) is 11.5 Å². The molecule has 1 fully saturated rings. The first-order valence-electron chi connectivity index (χ1n) is 7.82. The minimum absolute atomic E-state index is 0.0167. The van der Waals surface area contributed by atoms with Crippen molar-refractivity contribution in [2.24, 2.45) is 5.73 Å². The summed E-state index contributed by atoms with van der Waals surface area (Å²) in [6.45, 7) is 0.549. The van der Waals surface area contributed by atoms with Gasteiger partial charge in [-0.05, 0) is 42.7 Å². The number of hydrogen-bond donors (Lipinski definition) is 2. The van der Waals surface area contributed by atoms with Gasteiger partial charge in [-0.2, -0.15) is 0 Å². The zero-order chi connectivity index (χ0) is 17.0. The number of rotatable bonds is 5. The van der Waals surface area contributed by atoms with Crippen molar-refractivity contribution >= 4 is 6.03 Å². The van der Waals surface area contributed by atoms with E-state index in [1.165, 1.54) is 0 Å². The molecule has 0 bridgehead atoms. The van der Waals surface area contributed by atoms with E-state index in [1.54, 1.807) is 0 Å². The van der Waals surface area contributed by atoms with Gasteiger partial charge < -0.3 is 15.2 Å². The number of para-hydroxylation sites is 1. The molecule has 2 aromatic rings. The second-order valence-electron chi connectivity index (χ2n) is 5.79. The Morgan fingerprint density at radius 3 is 2.62 bits per heavy atom. The van der Waals surface area contributed by atoms with Crippen molar-refractivity contribution in [1.29, 1.82) is 0 Å². The maximum Gasteiger partial charge on any atom is 0.338 e. The maximum absolute atomic E-state index is 11.2. The monoisotopic (exact) mass is 328 g/mol. The smallest absolute Gasteiger partial charge is 0.338 e. The molecule has 0 aliphatic carbocycles. The molecule has 24 heavy (non-hydrogen) atoms. The van der Waals surface area contributed by atoms with Crippen molar-refractivity contribution in [2.45, 2.75) is 18.4 Å². The number of ether oxygens (including phenoxy) is 2. The third-order valence-electron chi connectivity index (χ3n) is 4.10. The van der Waals surface area contributed by atoms with E-state index in [1.807, 2.05) is 54.6 Å². The molecule has 0 spiro atoms. The van der Waals surface area contributed by atoms with Gasteiger partial charge in [-0.25, -0.2) is 9.86 Å². The van der Waals surface area contributed by atoms with Gasteiger partial charge in [0, 0.05) is 6.61 Å². The molecule has 2 aromatic carbocycles. The van der Waals surface area contributed by atoms with E-state index in [0.717, 1.165) is 17.7 Å². The van der Waals surface area contributed by atoms with Gasteiger partial charge in [0.1, 0.15) is 17.1 Å². The lowest BCUT2D eigenvalue weighted by Gasteiger charge is -2.31. The van der Waals surface area contributed by atoms with E-state index in [9.17, 15) is 10.0 Å². The topological polar surface area (TPSA) is 85.0 Å². The van der Waals surface area contributed by atoms with Crippen molar-refractivity contribution in [1.82, 2.24) is 5.06 Å². The first kappa shape index (κ1) is 16.3. The standard InChI is InChI=1S/C18H20N2O4/c19-17(21)20(22)13-18(10-5-11-23-18)14-6-4-9-16(12-14)24-15-7-2-1-3-8-15/h1-4,6-9,12,22H,5,10-11,13H2,(H2,19,21). The molecular formula is C18H20N2O4. The zero-order valence-electron chi connectivity index (χ0n) is 13.2. The normalized spacial score (nSPS) is 19.9. The minimum Gasteiger partial charge on any atom is -0.457 e. The summed E-state index contributed by atoms with van der Waals surface area (Å²) in [5.41, 5.74) is 5.20. The molecule has 1 saturated heterocycles. The summed E-state index contributed by atoms with van der Waals surface area (Å²) < 4.78 is 11.7. The molecule has 1 atom stereocenters. The highest BCUT2D eigenvalue weighted by Crippen LogP contribution is 2.38. The Labute approximate surface area is 140 Å². The maximum atomic E-state index is 11.2. The van der Waals surface area contributed by atoms with Gasteiger partial charge in [0.2, 0.25) is 0 Å². The Kier molecular flexibility index (Phi) is 4.69. The SMILES string of the molecule is NC(=O)N(O)CC1(c2cccc(Oc3ccccc3)c2)CCCO1. The molecule has 3 rings (SSSR count). The van der Waals surface area contributed by atoms with Crippen LogP contribution in [-0.2, 0) is 10.3 Å². The number of nitrogens with two attached hydrogens (primary N) is 1. The number of carbonyl (C=O) groups excluding carboxylic acids is 1. The van der Waals surface area contributed by atoms with Crippen LogP contribution >= 0.6 is 0 Å². The van der Waals surface area contributed by atoms with Gasteiger partial charge in [0.05, 0.1) is 6.54 Å². The van der Waals surface area contributed by atoms with Crippen molar-refractivity contribution in [3.63, 3.8) is 0 Å². The first-order valence-corrected chi connectivity index (χ1v) is 7.82. The second kappa shape index (κ2) is 6.90. The van der Waals surface area contributed by atoms with E-state index >= 15 is 0 Å². The first-order chi connectivity index (χ1) is 11.6. The predicted octanol–water partition coefficient (Wildman–Crippen LogP) is 3.25. The van der Waals surface area contributed by atoms with Gasteiger partial charge in [-0.3, -0.25) is 5.21 Å². The summed E-state index contributed by atoms with van der Waals surface area (Å²) in [6.07, 6.45) is 1.53. The number of hydroxylamine groups is 2. The molecule has 6 heteroatoms. The lowest BCUT2D eigenvalue weighted by atomic mass is 9.90. The fourth-order valence-corrected chi connectivity index (χ4v) is 2.93. The molecule has 0 aromatic heterocycles. The fourth-order valence-electron chi connectivity index (χ4n) is 2.93. The Balaban J connectivity index is 1.86. The summed E-state index contributed by atoms with van der Waals surface area (Å²) >= 11 is 0.